The van der Waals surface area contributed by atoms with Gasteiger partial charge in [0.15, 0.2) is 5.13 Å². The molecule has 1 unspecified atom stereocenters. The molecule has 0 bridgehead atoms. The molecular weight excluding hydrogens is 434 g/mol. The molecule has 2 N–H and O–H groups in total. The molecule has 4 rings (SSSR count). The van der Waals surface area contributed by atoms with Crippen LogP contribution in [0.4, 0.5) is 28.4 Å². The average molecular weight is 449 g/mol. The number of carbonyl (C=O) groups excluding carboxylic acids is 2. The SMILES string of the molecule is O=C(Nc1nc2c(s1)CCC2C(=O)Nc1ccc(F)c(C(F)(F)F)c1)c1ccccc1. The maximum absolute atomic E-state index is 13.5. The summed E-state index contributed by atoms with van der Waals surface area (Å²) < 4.78 is 52.1. The van der Waals surface area contributed by atoms with Gasteiger partial charge < -0.3 is 5.32 Å². The van der Waals surface area contributed by atoms with Crippen molar-refractivity contribution in [2.75, 3.05) is 10.6 Å². The predicted molar refractivity (Wildman–Crippen MR) is 108 cm³/mol. The van der Waals surface area contributed by atoms with Gasteiger partial charge in [0.2, 0.25) is 5.91 Å². The Hall–Kier alpha value is -3.27. The molecule has 0 spiro atoms. The van der Waals surface area contributed by atoms with E-state index in [1.807, 2.05) is 0 Å². The molecule has 1 heterocycles. The molecule has 160 valence electrons. The number of nitrogens with one attached hydrogen (secondary N) is 2. The summed E-state index contributed by atoms with van der Waals surface area (Å²) in [5.74, 6) is -2.95. The van der Waals surface area contributed by atoms with E-state index in [-0.39, 0.29) is 11.6 Å². The smallest absolute Gasteiger partial charge is 0.325 e. The molecule has 0 fully saturated rings. The summed E-state index contributed by atoms with van der Waals surface area (Å²) in [6.07, 6.45) is -3.87. The van der Waals surface area contributed by atoms with E-state index in [9.17, 15) is 27.2 Å². The number of nitrogens with zero attached hydrogens (tertiary/aromatic N) is 1. The van der Waals surface area contributed by atoms with Crippen molar-refractivity contribution in [3.8, 4) is 0 Å². The zero-order valence-corrected chi connectivity index (χ0v) is 16.6. The summed E-state index contributed by atoms with van der Waals surface area (Å²) >= 11 is 1.26. The van der Waals surface area contributed by atoms with E-state index < -0.39 is 29.4 Å². The molecule has 1 aliphatic carbocycles. The van der Waals surface area contributed by atoms with Gasteiger partial charge in [-0.15, -0.1) is 11.3 Å². The number of benzene rings is 2. The van der Waals surface area contributed by atoms with Crippen molar-refractivity contribution in [2.45, 2.75) is 24.9 Å². The van der Waals surface area contributed by atoms with Crippen LogP contribution in [0, 0.1) is 5.82 Å². The second kappa shape index (κ2) is 8.10. The van der Waals surface area contributed by atoms with Crippen LogP contribution in [0.2, 0.25) is 0 Å². The first-order valence-corrected chi connectivity index (χ1v) is 10.1. The Kier molecular flexibility index (Phi) is 5.48. The van der Waals surface area contributed by atoms with Gasteiger partial charge >= 0.3 is 6.18 Å². The maximum Gasteiger partial charge on any atom is 0.419 e. The van der Waals surface area contributed by atoms with E-state index >= 15 is 0 Å². The number of hydrogen-bond donors (Lipinski definition) is 2. The second-order valence-corrected chi connectivity index (χ2v) is 8.00. The van der Waals surface area contributed by atoms with Crippen LogP contribution in [0.3, 0.4) is 0 Å². The van der Waals surface area contributed by atoms with Gasteiger partial charge in [-0.1, -0.05) is 18.2 Å². The number of aromatic nitrogens is 1. The molecule has 1 aromatic heterocycles. The number of alkyl halides is 3. The maximum atomic E-state index is 13.5. The van der Waals surface area contributed by atoms with E-state index in [1.165, 1.54) is 11.3 Å². The van der Waals surface area contributed by atoms with Gasteiger partial charge in [-0.2, -0.15) is 13.2 Å². The zero-order valence-electron chi connectivity index (χ0n) is 15.8. The van der Waals surface area contributed by atoms with Gasteiger partial charge in [0, 0.05) is 16.1 Å². The fourth-order valence-electron chi connectivity index (χ4n) is 3.34. The molecule has 1 aliphatic rings. The molecule has 0 saturated carbocycles. The van der Waals surface area contributed by atoms with Gasteiger partial charge in [-0.25, -0.2) is 9.37 Å². The van der Waals surface area contributed by atoms with Crippen molar-refractivity contribution in [3.05, 3.63) is 76.0 Å². The van der Waals surface area contributed by atoms with Crippen LogP contribution >= 0.6 is 11.3 Å². The lowest BCUT2D eigenvalue weighted by atomic mass is 10.1. The Bertz CT molecular complexity index is 1150. The zero-order chi connectivity index (χ0) is 22.2. The third-order valence-corrected chi connectivity index (χ3v) is 5.88. The molecule has 2 aromatic carbocycles. The molecule has 0 saturated heterocycles. The topological polar surface area (TPSA) is 71.1 Å². The molecular formula is C21H15F4N3O2S. The highest BCUT2D eigenvalue weighted by Crippen LogP contribution is 2.39. The van der Waals surface area contributed by atoms with Crippen molar-refractivity contribution in [3.63, 3.8) is 0 Å². The van der Waals surface area contributed by atoms with Crippen LogP contribution in [0.25, 0.3) is 0 Å². The molecule has 5 nitrogen and oxygen atoms in total. The Labute approximate surface area is 178 Å². The first-order chi connectivity index (χ1) is 14.7. The minimum absolute atomic E-state index is 0.153. The number of hydrogen-bond acceptors (Lipinski definition) is 4. The third kappa shape index (κ3) is 4.43. The second-order valence-electron chi connectivity index (χ2n) is 6.92. The number of amides is 2. The Morgan fingerprint density at radius 3 is 2.52 bits per heavy atom. The number of thiazole rings is 1. The van der Waals surface area contributed by atoms with E-state index in [2.05, 4.69) is 15.6 Å². The Morgan fingerprint density at radius 1 is 1.06 bits per heavy atom. The normalized spacial score (nSPS) is 15.4. The van der Waals surface area contributed by atoms with Gasteiger partial charge in [-0.05, 0) is 43.2 Å². The number of anilines is 2. The van der Waals surface area contributed by atoms with Crippen molar-refractivity contribution in [1.82, 2.24) is 4.98 Å². The van der Waals surface area contributed by atoms with Crippen LogP contribution in [0.15, 0.2) is 48.5 Å². The van der Waals surface area contributed by atoms with Crippen molar-refractivity contribution >= 4 is 34.0 Å². The minimum atomic E-state index is -4.87. The Balaban J connectivity index is 1.48. The molecule has 10 heteroatoms. The van der Waals surface area contributed by atoms with Crippen LogP contribution in [-0.2, 0) is 17.4 Å². The van der Waals surface area contributed by atoms with Crippen LogP contribution in [0.5, 0.6) is 0 Å². The fraction of sp³-hybridized carbons (Fsp3) is 0.190. The van der Waals surface area contributed by atoms with E-state index in [0.29, 0.717) is 41.4 Å². The highest BCUT2D eigenvalue weighted by molar-refractivity contribution is 7.16. The van der Waals surface area contributed by atoms with Crippen LogP contribution < -0.4 is 10.6 Å². The Morgan fingerprint density at radius 2 is 1.81 bits per heavy atom. The first-order valence-electron chi connectivity index (χ1n) is 9.26. The van der Waals surface area contributed by atoms with E-state index in [1.54, 1.807) is 30.3 Å². The van der Waals surface area contributed by atoms with Crippen molar-refractivity contribution in [1.29, 1.82) is 0 Å². The van der Waals surface area contributed by atoms with E-state index in [0.717, 1.165) is 10.9 Å². The summed E-state index contributed by atoms with van der Waals surface area (Å²) in [6, 6.07) is 10.9. The molecule has 2 amide bonds. The van der Waals surface area contributed by atoms with Crippen LogP contribution in [-0.4, -0.2) is 16.8 Å². The summed E-state index contributed by atoms with van der Waals surface area (Å²) in [6.45, 7) is 0. The number of rotatable bonds is 4. The van der Waals surface area contributed by atoms with E-state index in [4.69, 9.17) is 0 Å². The minimum Gasteiger partial charge on any atom is -0.325 e. The van der Waals surface area contributed by atoms with Gasteiger partial charge in [-0.3, -0.25) is 14.9 Å². The summed E-state index contributed by atoms with van der Waals surface area (Å²) in [7, 11) is 0. The first kappa shape index (κ1) is 21.0. The summed E-state index contributed by atoms with van der Waals surface area (Å²) in [5.41, 5.74) is -0.648. The van der Waals surface area contributed by atoms with Crippen molar-refractivity contribution in [2.24, 2.45) is 0 Å². The van der Waals surface area contributed by atoms with Crippen LogP contribution in [0.1, 0.15) is 38.8 Å². The number of carbonyl (C=O) groups is 2. The molecule has 0 aliphatic heterocycles. The lowest BCUT2D eigenvalue weighted by Gasteiger charge is -2.13. The van der Waals surface area contributed by atoms with Gasteiger partial charge in [0.25, 0.3) is 5.91 Å². The lowest BCUT2D eigenvalue weighted by Crippen LogP contribution is -2.20. The third-order valence-electron chi connectivity index (χ3n) is 4.83. The predicted octanol–water partition coefficient (Wildman–Crippen LogP) is 5.22. The molecule has 1 atom stereocenters. The monoisotopic (exact) mass is 449 g/mol. The lowest BCUT2D eigenvalue weighted by molar-refractivity contribution is -0.140. The summed E-state index contributed by atoms with van der Waals surface area (Å²) in [4.78, 5) is 30.1. The van der Waals surface area contributed by atoms with Gasteiger partial charge in [0.05, 0.1) is 17.2 Å². The molecule has 0 radical (unpaired) electrons. The standard InChI is InChI=1S/C21H15F4N3O2S/c22-15-8-6-12(10-14(15)21(23,24)25)26-19(30)13-7-9-16-17(13)27-20(31-16)28-18(29)11-4-2-1-3-5-11/h1-6,8,10,13H,7,9H2,(H,26,30)(H,27,28,29). The number of halogens is 4. The number of fused-ring (bicyclic) bond motifs is 1. The largest absolute Gasteiger partial charge is 0.419 e. The quantitative estimate of drug-likeness (QED) is 0.537. The fourth-order valence-corrected chi connectivity index (χ4v) is 4.38. The van der Waals surface area contributed by atoms with Crippen molar-refractivity contribution < 1.29 is 27.2 Å². The number of aryl methyl sites for hydroxylation is 1. The molecule has 3 aromatic rings. The highest BCUT2D eigenvalue weighted by atomic mass is 32.1. The average Bonchev–Trinajstić information content (AvgIpc) is 3.29. The van der Waals surface area contributed by atoms with Gasteiger partial charge in [0.1, 0.15) is 5.82 Å². The highest BCUT2D eigenvalue weighted by Gasteiger charge is 2.36. The summed E-state index contributed by atoms with van der Waals surface area (Å²) in [5, 5.41) is 5.45. The molecule has 31 heavy (non-hydrogen) atoms.